The quantitative estimate of drug-likeness (QED) is 0.875. The number of hydrogen-bond acceptors (Lipinski definition) is 3. The van der Waals surface area contributed by atoms with Crippen LogP contribution < -0.4 is 10.1 Å². The topological polar surface area (TPSA) is 34.4 Å². The van der Waals surface area contributed by atoms with Gasteiger partial charge in [-0.25, -0.2) is 0 Å². The number of hydrogen-bond donors (Lipinski definition) is 1. The van der Waals surface area contributed by atoms with Crippen molar-refractivity contribution in [3.8, 4) is 5.75 Å². The molecule has 1 aliphatic carbocycles. The largest absolute Gasteiger partial charge is 0.493 e. The minimum atomic E-state index is 0.253. The summed E-state index contributed by atoms with van der Waals surface area (Å²) < 4.78 is 11.2. The van der Waals surface area contributed by atoms with Crippen LogP contribution in [0.1, 0.15) is 31.6 Å². The van der Waals surface area contributed by atoms with Gasteiger partial charge in [0.05, 0.1) is 13.2 Å². The van der Waals surface area contributed by atoms with Gasteiger partial charge >= 0.3 is 0 Å². The average molecular weight is 245 g/mol. The highest BCUT2D eigenvalue weighted by atomic mass is 16.5. The van der Waals surface area contributed by atoms with E-state index in [1.165, 1.54) is 12.8 Å². The Labute approximate surface area is 107 Å². The molecule has 0 amide bonds. The first-order chi connectivity index (χ1) is 8.78. The Morgan fingerprint density at radius 3 is 3.00 bits per heavy atom. The molecular formula is C15H19NO2. The smallest absolute Gasteiger partial charge is 0.176 e. The maximum Gasteiger partial charge on any atom is 0.176 e. The number of furan rings is 1. The highest BCUT2D eigenvalue weighted by Crippen LogP contribution is 2.32. The van der Waals surface area contributed by atoms with E-state index in [0.29, 0.717) is 0 Å². The monoisotopic (exact) mass is 245 g/mol. The predicted molar refractivity (Wildman–Crippen MR) is 71.9 cm³/mol. The van der Waals surface area contributed by atoms with Crippen LogP contribution in [0.2, 0.25) is 0 Å². The van der Waals surface area contributed by atoms with Gasteiger partial charge in [-0.15, -0.1) is 0 Å². The summed E-state index contributed by atoms with van der Waals surface area (Å²) in [5.41, 5.74) is 0.843. The first kappa shape index (κ1) is 11.6. The molecule has 1 unspecified atom stereocenters. The van der Waals surface area contributed by atoms with Crippen LogP contribution in [0.3, 0.4) is 0 Å². The summed E-state index contributed by atoms with van der Waals surface area (Å²) in [6.07, 6.45) is 2.74. The van der Waals surface area contributed by atoms with Crippen molar-refractivity contribution in [2.75, 3.05) is 13.7 Å². The summed E-state index contributed by atoms with van der Waals surface area (Å²) in [4.78, 5) is 0. The van der Waals surface area contributed by atoms with Gasteiger partial charge in [-0.1, -0.05) is 12.1 Å². The van der Waals surface area contributed by atoms with Gasteiger partial charge in [-0.2, -0.15) is 0 Å². The number of benzene rings is 1. The lowest BCUT2D eigenvalue weighted by molar-refractivity contribution is 0.399. The number of para-hydroxylation sites is 1. The van der Waals surface area contributed by atoms with Crippen molar-refractivity contribution in [1.29, 1.82) is 0 Å². The predicted octanol–water partition coefficient (Wildman–Crippen LogP) is 3.50. The second kappa shape index (κ2) is 4.65. The standard InChI is InChI=1S/C15H19NO2/c1-10(16-9-11-6-7-11)14-8-12-4-3-5-13(17-2)15(12)18-14/h3-5,8,10-11,16H,6-7,9H2,1-2H3. The van der Waals surface area contributed by atoms with E-state index in [-0.39, 0.29) is 6.04 Å². The third-order valence-corrected chi connectivity index (χ3v) is 3.58. The van der Waals surface area contributed by atoms with E-state index in [1.54, 1.807) is 7.11 Å². The van der Waals surface area contributed by atoms with E-state index in [0.717, 1.165) is 34.9 Å². The molecule has 1 saturated carbocycles. The lowest BCUT2D eigenvalue weighted by Crippen LogP contribution is -2.20. The van der Waals surface area contributed by atoms with E-state index in [2.05, 4.69) is 24.4 Å². The van der Waals surface area contributed by atoms with E-state index in [4.69, 9.17) is 9.15 Å². The molecule has 0 spiro atoms. The second-order valence-corrected chi connectivity index (χ2v) is 5.10. The molecule has 1 heterocycles. The molecule has 1 aromatic carbocycles. The molecule has 1 N–H and O–H groups in total. The van der Waals surface area contributed by atoms with Crippen molar-refractivity contribution in [3.63, 3.8) is 0 Å². The maximum absolute atomic E-state index is 5.92. The highest BCUT2D eigenvalue weighted by molar-refractivity contribution is 5.83. The number of fused-ring (bicyclic) bond motifs is 1. The zero-order valence-corrected chi connectivity index (χ0v) is 10.9. The fourth-order valence-corrected chi connectivity index (χ4v) is 2.20. The molecule has 3 heteroatoms. The Kier molecular flexibility index (Phi) is 3.00. The molecule has 0 bridgehead atoms. The van der Waals surface area contributed by atoms with Crippen LogP contribution in [0, 0.1) is 5.92 Å². The molecule has 1 aromatic heterocycles. The van der Waals surface area contributed by atoms with Crippen LogP contribution in [0.5, 0.6) is 5.75 Å². The molecule has 0 radical (unpaired) electrons. The number of ether oxygens (including phenoxy) is 1. The van der Waals surface area contributed by atoms with Gasteiger partial charge in [-0.05, 0) is 44.4 Å². The molecule has 1 aliphatic rings. The Balaban J connectivity index is 1.82. The highest BCUT2D eigenvalue weighted by Gasteiger charge is 2.22. The fourth-order valence-electron chi connectivity index (χ4n) is 2.20. The second-order valence-electron chi connectivity index (χ2n) is 5.10. The van der Waals surface area contributed by atoms with Crippen molar-refractivity contribution < 1.29 is 9.15 Å². The lowest BCUT2D eigenvalue weighted by atomic mass is 10.2. The normalized spacial score (nSPS) is 17.0. The molecule has 1 fully saturated rings. The van der Waals surface area contributed by atoms with Crippen LogP contribution in [-0.4, -0.2) is 13.7 Å². The fraction of sp³-hybridized carbons (Fsp3) is 0.467. The van der Waals surface area contributed by atoms with Crippen molar-refractivity contribution >= 4 is 11.0 Å². The van der Waals surface area contributed by atoms with Crippen molar-refractivity contribution in [3.05, 3.63) is 30.0 Å². The zero-order valence-electron chi connectivity index (χ0n) is 10.9. The molecule has 96 valence electrons. The van der Waals surface area contributed by atoms with Crippen LogP contribution in [-0.2, 0) is 0 Å². The van der Waals surface area contributed by atoms with Gasteiger partial charge < -0.3 is 14.5 Å². The van der Waals surface area contributed by atoms with E-state index >= 15 is 0 Å². The Morgan fingerprint density at radius 2 is 2.28 bits per heavy atom. The summed E-state index contributed by atoms with van der Waals surface area (Å²) >= 11 is 0. The Hall–Kier alpha value is -1.48. The summed E-state index contributed by atoms with van der Waals surface area (Å²) in [6.45, 7) is 3.24. The van der Waals surface area contributed by atoms with Crippen molar-refractivity contribution in [2.24, 2.45) is 5.92 Å². The van der Waals surface area contributed by atoms with Crippen LogP contribution in [0.25, 0.3) is 11.0 Å². The molecule has 2 aromatic rings. The molecule has 0 saturated heterocycles. The maximum atomic E-state index is 5.92. The molecule has 18 heavy (non-hydrogen) atoms. The Bertz CT molecular complexity index is 542. The summed E-state index contributed by atoms with van der Waals surface area (Å²) in [5.74, 6) is 2.66. The third-order valence-electron chi connectivity index (χ3n) is 3.58. The molecular weight excluding hydrogens is 226 g/mol. The average Bonchev–Trinajstić information content (AvgIpc) is 3.11. The lowest BCUT2D eigenvalue weighted by Gasteiger charge is -2.10. The molecule has 3 nitrogen and oxygen atoms in total. The zero-order chi connectivity index (χ0) is 12.5. The van der Waals surface area contributed by atoms with Gasteiger partial charge in [0.25, 0.3) is 0 Å². The first-order valence-electron chi connectivity index (χ1n) is 6.57. The SMILES string of the molecule is COc1cccc2cc(C(C)NCC3CC3)oc12. The Morgan fingerprint density at radius 1 is 1.44 bits per heavy atom. The number of rotatable bonds is 5. The minimum Gasteiger partial charge on any atom is -0.493 e. The van der Waals surface area contributed by atoms with E-state index in [1.807, 2.05) is 12.1 Å². The van der Waals surface area contributed by atoms with Gasteiger partial charge in [0.15, 0.2) is 11.3 Å². The summed E-state index contributed by atoms with van der Waals surface area (Å²) in [6, 6.07) is 8.32. The molecule has 1 atom stereocenters. The van der Waals surface area contributed by atoms with Gasteiger partial charge in [0.1, 0.15) is 5.76 Å². The summed E-state index contributed by atoms with van der Waals surface area (Å²) in [7, 11) is 1.67. The van der Waals surface area contributed by atoms with Crippen molar-refractivity contribution in [1.82, 2.24) is 5.32 Å². The van der Waals surface area contributed by atoms with Gasteiger partial charge in [0, 0.05) is 5.39 Å². The molecule has 0 aliphatic heterocycles. The van der Waals surface area contributed by atoms with E-state index < -0.39 is 0 Å². The number of methoxy groups -OCH3 is 1. The first-order valence-corrected chi connectivity index (χ1v) is 6.57. The van der Waals surface area contributed by atoms with Crippen LogP contribution >= 0.6 is 0 Å². The third kappa shape index (κ3) is 2.23. The van der Waals surface area contributed by atoms with Crippen LogP contribution in [0.4, 0.5) is 0 Å². The van der Waals surface area contributed by atoms with Gasteiger partial charge in [0.2, 0.25) is 0 Å². The van der Waals surface area contributed by atoms with Gasteiger partial charge in [-0.3, -0.25) is 0 Å². The van der Waals surface area contributed by atoms with Crippen molar-refractivity contribution in [2.45, 2.75) is 25.8 Å². The molecule has 3 rings (SSSR count). The summed E-state index contributed by atoms with van der Waals surface area (Å²) in [5, 5.41) is 4.63. The number of nitrogens with one attached hydrogen (secondary N) is 1. The van der Waals surface area contributed by atoms with E-state index in [9.17, 15) is 0 Å². The minimum absolute atomic E-state index is 0.253. The van der Waals surface area contributed by atoms with Crippen LogP contribution in [0.15, 0.2) is 28.7 Å².